The highest BCUT2D eigenvalue weighted by molar-refractivity contribution is 9.15. The standard InChI is InChI=1S/C13H10BrN/c1-3-10-6-7-11-5-4-8-15-13(11)12(10)9(2)14/h3-8H,1-2H2. The Morgan fingerprint density at radius 3 is 2.80 bits per heavy atom. The predicted molar refractivity (Wildman–Crippen MR) is 69.8 cm³/mol. The number of aromatic nitrogens is 1. The van der Waals surface area contributed by atoms with Gasteiger partial charge in [-0.3, -0.25) is 4.98 Å². The van der Waals surface area contributed by atoms with Crippen LogP contribution in [-0.4, -0.2) is 4.98 Å². The molecule has 2 aromatic rings. The van der Waals surface area contributed by atoms with Gasteiger partial charge in [0.15, 0.2) is 0 Å². The van der Waals surface area contributed by atoms with Gasteiger partial charge in [0, 0.05) is 21.6 Å². The molecule has 0 fully saturated rings. The van der Waals surface area contributed by atoms with E-state index in [9.17, 15) is 0 Å². The van der Waals surface area contributed by atoms with E-state index in [1.165, 1.54) is 0 Å². The summed E-state index contributed by atoms with van der Waals surface area (Å²) in [6.07, 6.45) is 3.60. The Kier molecular flexibility index (Phi) is 2.69. The second-order valence-electron chi connectivity index (χ2n) is 3.21. The number of nitrogens with zero attached hydrogens (tertiary/aromatic N) is 1. The van der Waals surface area contributed by atoms with Gasteiger partial charge in [0.2, 0.25) is 0 Å². The number of hydrogen-bond acceptors (Lipinski definition) is 1. The van der Waals surface area contributed by atoms with Crippen LogP contribution in [0, 0.1) is 0 Å². The minimum Gasteiger partial charge on any atom is -0.256 e. The highest BCUT2D eigenvalue weighted by Gasteiger charge is 2.07. The largest absolute Gasteiger partial charge is 0.256 e. The van der Waals surface area contributed by atoms with E-state index in [1.54, 1.807) is 6.20 Å². The van der Waals surface area contributed by atoms with E-state index in [4.69, 9.17) is 0 Å². The van der Waals surface area contributed by atoms with E-state index in [0.717, 1.165) is 26.5 Å². The van der Waals surface area contributed by atoms with E-state index < -0.39 is 0 Å². The molecule has 15 heavy (non-hydrogen) atoms. The Bertz CT molecular complexity index is 543. The fourth-order valence-electron chi connectivity index (χ4n) is 1.62. The molecule has 1 aromatic carbocycles. The maximum absolute atomic E-state index is 4.37. The van der Waals surface area contributed by atoms with Crippen molar-refractivity contribution in [2.75, 3.05) is 0 Å². The molecule has 0 amide bonds. The lowest BCUT2D eigenvalue weighted by atomic mass is 10.0. The third kappa shape index (κ3) is 1.73. The zero-order chi connectivity index (χ0) is 10.8. The topological polar surface area (TPSA) is 12.9 Å². The number of pyridine rings is 1. The molecule has 1 aromatic heterocycles. The lowest BCUT2D eigenvalue weighted by Gasteiger charge is -2.07. The first-order valence-corrected chi connectivity index (χ1v) is 5.38. The third-order valence-electron chi connectivity index (χ3n) is 2.30. The molecule has 0 unspecified atom stereocenters. The summed E-state index contributed by atoms with van der Waals surface area (Å²) >= 11 is 3.41. The molecule has 0 aliphatic rings. The summed E-state index contributed by atoms with van der Waals surface area (Å²) in [7, 11) is 0. The van der Waals surface area contributed by atoms with Crippen LogP contribution in [0.25, 0.3) is 21.5 Å². The van der Waals surface area contributed by atoms with Crippen LogP contribution in [0.1, 0.15) is 11.1 Å². The van der Waals surface area contributed by atoms with Gasteiger partial charge in [-0.25, -0.2) is 0 Å². The van der Waals surface area contributed by atoms with E-state index in [1.807, 2.05) is 30.3 Å². The highest BCUT2D eigenvalue weighted by Crippen LogP contribution is 2.30. The van der Waals surface area contributed by atoms with Crippen molar-refractivity contribution in [3.05, 3.63) is 54.7 Å². The Morgan fingerprint density at radius 2 is 2.13 bits per heavy atom. The minimum absolute atomic E-state index is 0.835. The van der Waals surface area contributed by atoms with Crippen molar-refractivity contribution in [2.45, 2.75) is 0 Å². The fourth-order valence-corrected chi connectivity index (χ4v) is 2.03. The summed E-state index contributed by atoms with van der Waals surface area (Å²) in [5.41, 5.74) is 3.02. The molecular formula is C13H10BrN. The molecule has 0 spiro atoms. The zero-order valence-corrected chi connectivity index (χ0v) is 9.79. The number of benzene rings is 1. The van der Waals surface area contributed by atoms with Crippen molar-refractivity contribution in [2.24, 2.45) is 0 Å². The summed E-state index contributed by atoms with van der Waals surface area (Å²) < 4.78 is 0.835. The van der Waals surface area contributed by atoms with Crippen molar-refractivity contribution in [1.29, 1.82) is 0 Å². The van der Waals surface area contributed by atoms with Crippen LogP contribution in [0.3, 0.4) is 0 Å². The average Bonchev–Trinajstić information content (AvgIpc) is 2.27. The molecule has 0 radical (unpaired) electrons. The molecule has 0 saturated heterocycles. The number of rotatable bonds is 2. The molecule has 2 heteroatoms. The van der Waals surface area contributed by atoms with Crippen LogP contribution >= 0.6 is 15.9 Å². The molecule has 0 atom stereocenters. The van der Waals surface area contributed by atoms with Crippen LogP contribution in [0.4, 0.5) is 0 Å². The van der Waals surface area contributed by atoms with Gasteiger partial charge < -0.3 is 0 Å². The maximum atomic E-state index is 4.37. The van der Waals surface area contributed by atoms with Crippen molar-refractivity contribution in [1.82, 2.24) is 4.98 Å². The predicted octanol–water partition coefficient (Wildman–Crippen LogP) is 4.24. The SMILES string of the molecule is C=Cc1ccc2cccnc2c1C(=C)Br. The molecule has 0 aliphatic carbocycles. The number of fused-ring (bicyclic) bond motifs is 1. The molecule has 1 heterocycles. The second kappa shape index (κ2) is 3.99. The summed E-state index contributed by atoms with van der Waals surface area (Å²) in [4.78, 5) is 4.37. The van der Waals surface area contributed by atoms with Gasteiger partial charge >= 0.3 is 0 Å². The maximum Gasteiger partial charge on any atom is 0.0791 e. The Hall–Kier alpha value is -1.41. The lowest BCUT2D eigenvalue weighted by molar-refractivity contribution is 1.40. The molecule has 0 N–H and O–H groups in total. The monoisotopic (exact) mass is 259 g/mol. The van der Waals surface area contributed by atoms with Crippen molar-refractivity contribution in [3.63, 3.8) is 0 Å². The Morgan fingerprint density at radius 1 is 1.33 bits per heavy atom. The van der Waals surface area contributed by atoms with Gasteiger partial charge in [0.05, 0.1) is 5.52 Å². The quantitative estimate of drug-likeness (QED) is 0.786. The van der Waals surface area contributed by atoms with Crippen LogP contribution in [-0.2, 0) is 0 Å². The number of halogens is 1. The van der Waals surface area contributed by atoms with E-state index in [2.05, 4.69) is 34.1 Å². The molecule has 2 rings (SSSR count). The van der Waals surface area contributed by atoms with Crippen molar-refractivity contribution in [3.8, 4) is 0 Å². The van der Waals surface area contributed by atoms with E-state index in [-0.39, 0.29) is 0 Å². The highest BCUT2D eigenvalue weighted by atomic mass is 79.9. The molecule has 0 saturated carbocycles. The minimum atomic E-state index is 0.835. The van der Waals surface area contributed by atoms with Crippen LogP contribution in [0.2, 0.25) is 0 Å². The summed E-state index contributed by atoms with van der Waals surface area (Å²) in [5, 5.41) is 1.11. The normalized spacial score (nSPS) is 10.2. The van der Waals surface area contributed by atoms with Gasteiger partial charge in [-0.1, -0.05) is 53.4 Å². The van der Waals surface area contributed by atoms with Crippen LogP contribution < -0.4 is 0 Å². The fraction of sp³-hybridized carbons (Fsp3) is 0. The molecule has 1 nitrogen and oxygen atoms in total. The Labute approximate surface area is 97.3 Å². The van der Waals surface area contributed by atoms with Gasteiger partial charge in [-0.15, -0.1) is 0 Å². The van der Waals surface area contributed by atoms with Gasteiger partial charge in [0.25, 0.3) is 0 Å². The lowest BCUT2D eigenvalue weighted by Crippen LogP contribution is -1.88. The molecule has 0 aliphatic heterocycles. The average molecular weight is 260 g/mol. The van der Waals surface area contributed by atoms with Crippen molar-refractivity contribution >= 4 is 37.4 Å². The van der Waals surface area contributed by atoms with Crippen LogP contribution in [0.15, 0.2) is 43.6 Å². The van der Waals surface area contributed by atoms with Gasteiger partial charge in [-0.05, 0) is 11.6 Å². The molecular weight excluding hydrogens is 250 g/mol. The number of hydrogen-bond donors (Lipinski definition) is 0. The van der Waals surface area contributed by atoms with Crippen LogP contribution in [0.5, 0.6) is 0 Å². The first-order chi connectivity index (χ1) is 7.24. The summed E-state index contributed by atoms with van der Waals surface area (Å²) in [6, 6.07) is 8.03. The smallest absolute Gasteiger partial charge is 0.0791 e. The molecule has 74 valence electrons. The van der Waals surface area contributed by atoms with Gasteiger partial charge in [-0.2, -0.15) is 0 Å². The Balaban J connectivity index is 2.90. The third-order valence-corrected chi connectivity index (χ3v) is 2.69. The molecule has 0 bridgehead atoms. The van der Waals surface area contributed by atoms with Gasteiger partial charge in [0.1, 0.15) is 0 Å². The summed E-state index contributed by atoms with van der Waals surface area (Å²) in [5.74, 6) is 0. The first kappa shape index (κ1) is 10.1. The van der Waals surface area contributed by atoms with E-state index >= 15 is 0 Å². The zero-order valence-electron chi connectivity index (χ0n) is 8.20. The van der Waals surface area contributed by atoms with Crippen molar-refractivity contribution < 1.29 is 0 Å². The first-order valence-electron chi connectivity index (χ1n) is 4.59. The summed E-state index contributed by atoms with van der Waals surface area (Å²) in [6.45, 7) is 7.70. The second-order valence-corrected chi connectivity index (χ2v) is 4.17. The van der Waals surface area contributed by atoms with E-state index in [0.29, 0.717) is 0 Å².